The highest BCUT2D eigenvalue weighted by atomic mass is 32.2. The van der Waals surface area contributed by atoms with E-state index in [2.05, 4.69) is 9.47 Å². The summed E-state index contributed by atoms with van der Waals surface area (Å²) < 4.78 is 37.2. The number of rotatable bonds is 8. The van der Waals surface area contributed by atoms with Crippen LogP contribution in [-0.2, 0) is 21.4 Å². The van der Waals surface area contributed by atoms with Crippen LogP contribution in [0.4, 0.5) is 0 Å². The molecule has 1 amide bonds. The van der Waals surface area contributed by atoms with Crippen LogP contribution in [0.2, 0.25) is 0 Å². The van der Waals surface area contributed by atoms with Gasteiger partial charge in [0.1, 0.15) is 5.75 Å². The molecule has 0 spiro atoms. The number of hydrogen-bond donors (Lipinski definition) is 0. The normalized spacial score (nSPS) is 21.6. The van der Waals surface area contributed by atoms with Gasteiger partial charge in [0.2, 0.25) is 15.9 Å². The third-order valence-corrected chi connectivity index (χ3v) is 11.2. The van der Waals surface area contributed by atoms with Gasteiger partial charge in [0.25, 0.3) is 0 Å². The van der Waals surface area contributed by atoms with E-state index in [0.29, 0.717) is 40.8 Å². The van der Waals surface area contributed by atoms with Crippen molar-refractivity contribution < 1.29 is 17.9 Å². The summed E-state index contributed by atoms with van der Waals surface area (Å²) in [6.07, 6.45) is 9.43. The zero-order chi connectivity index (χ0) is 27.6. The van der Waals surface area contributed by atoms with Crippen LogP contribution in [0.25, 0.3) is 0 Å². The molecule has 3 aliphatic heterocycles. The molecule has 2 aromatic rings. The van der Waals surface area contributed by atoms with Gasteiger partial charge in [-0.1, -0.05) is 6.42 Å². The van der Waals surface area contributed by atoms with E-state index in [9.17, 15) is 13.2 Å². The second-order valence-corrected chi connectivity index (χ2v) is 13.4. The zero-order valence-electron chi connectivity index (χ0n) is 23.8. The first kappa shape index (κ1) is 28.2. The number of nitrogens with zero attached hydrogens (tertiary/aromatic N) is 4. The number of fused-ring (bicyclic) bond motifs is 1. The predicted molar refractivity (Wildman–Crippen MR) is 152 cm³/mol. The van der Waals surface area contributed by atoms with Crippen molar-refractivity contribution in [2.24, 2.45) is 5.92 Å². The van der Waals surface area contributed by atoms with Crippen LogP contribution in [-0.4, -0.2) is 79.4 Å². The molecule has 5 rings (SSSR count). The van der Waals surface area contributed by atoms with Crippen molar-refractivity contribution in [1.82, 2.24) is 18.7 Å². The monoisotopic (exact) mass is 556 g/mol. The number of benzene rings is 1. The van der Waals surface area contributed by atoms with Gasteiger partial charge in [0, 0.05) is 44.5 Å². The molecule has 9 heteroatoms. The molecule has 0 bridgehead atoms. The van der Waals surface area contributed by atoms with Gasteiger partial charge in [-0.3, -0.25) is 4.79 Å². The first-order valence-electron chi connectivity index (χ1n) is 14.6. The first-order valence-corrected chi connectivity index (χ1v) is 16.0. The third-order valence-electron chi connectivity index (χ3n) is 8.99. The zero-order valence-corrected chi connectivity index (χ0v) is 24.6. The fourth-order valence-corrected chi connectivity index (χ4v) is 8.81. The van der Waals surface area contributed by atoms with Crippen molar-refractivity contribution in [3.8, 4) is 5.75 Å². The van der Waals surface area contributed by atoms with Gasteiger partial charge in [-0.25, -0.2) is 8.42 Å². The van der Waals surface area contributed by atoms with Gasteiger partial charge in [-0.05, 0) is 107 Å². The van der Waals surface area contributed by atoms with Crippen molar-refractivity contribution in [1.29, 1.82) is 0 Å². The van der Waals surface area contributed by atoms with E-state index in [1.165, 1.54) is 45.3 Å². The molecule has 4 heterocycles. The number of carbonyl (C=O) groups is 1. The summed E-state index contributed by atoms with van der Waals surface area (Å²) in [4.78, 5) is 18.5. The molecule has 2 fully saturated rings. The van der Waals surface area contributed by atoms with Crippen LogP contribution < -0.4 is 4.74 Å². The SMILES string of the molecule is COc1cc(C)c(S(=O)(=O)N2CCn3cccc3C2CC(=O)N2CCC(CCN3CCCCC3)CC2)c(C)c1. The van der Waals surface area contributed by atoms with Gasteiger partial charge in [-0.15, -0.1) is 0 Å². The molecule has 0 radical (unpaired) electrons. The highest BCUT2D eigenvalue weighted by Crippen LogP contribution is 2.37. The van der Waals surface area contributed by atoms with Crippen LogP contribution in [0.5, 0.6) is 5.75 Å². The van der Waals surface area contributed by atoms with Crippen molar-refractivity contribution in [2.75, 3.05) is 46.4 Å². The Morgan fingerprint density at radius 3 is 2.33 bits per heavy atom. The number of carbonyl (C=O) groups excluding carboxylic acids is 1. The third kappa shape index (κ3) is 6.05. The van der Waals surface area contributed by atoms with Gasteiger partial charge in [-0.2, -0.15) is 4.31 Å². The fourth-order valence-electron chi connectivity index (χ4n) is 6.80. The summed E-state index contributed by atoms with van der Waals surface area (Å²) >= 11 is 0. The van der Waals surface area contributed by atoms with E-state index in [1.807, 2.05) is 37.1 Å². The Morgan fingerprint density at radius 2 is 1.67 bits per heavy atom. The van der Waals surface area contributed by atoms with E-state index >= 15 is 0 Å². The summed E-state index contributed by atoms with van der Waals surface area (Å²) in [6.45, 7) is 9.70. The second kappa shape index (κ2) is 12.0. The molecule has 0 N–H and O–H groups in total. The van der Waals surface area contributed by atoms with E-state index in [4.69, 9.17) is 4.74 Å². The molecule has 2 saturated heterocycles. The van der Waals surface area contributed by atoms with E-state index in [-0.39, 0.29) is 12.3 Å². The lowest BCUT2D eigenvalue weighted by Crippen LogP contribution is -2.46. The molecule has 8 nitrogen and oxygen atoms in total. The molecular formula is C30H44N4O4S. The molecule has 3 aliphatic rings. The molecule has 0 aliphatic carbocycles. The summed E-state index contributed by atoms with van der Waals surface area (Å²) in [5.74, 6) is 1.36. The Labute approximate surface area is 234 Å². The lowest BCUT2D eigenvalue weighted by Gasteiger charge is -2.38. The smallest absolute Gasteiger partial charge is 0.244 e. The number of hydrogen-bond acceptors (Lipinski definition) is 5. The largest absolute Gasteiger partial charge is 0.497 e. The fraction of sp³-hybridized carbons (Fsp3) is 0.633. The van der Waals surface area contributed by atoms with Crippen LogP contribution in [0.3, 0.4) is 0 Å². The molecular weight excluding hydrogens is 512 g/mol. The minimum atomic E-state index is -3.83. The van der Waals surface area contributed by atoms with E-state index in [0.717, 1.165) is 31.6 Å². The second-order valence-electron chi connectivity index (χ2n) is 11.6. The number of methoxy groups -OCH3 is 1. The number of aryl methyl sites for hydroxylation is 2. The lowest BCUT2D eigenvalue weighted by atomic mass is 9.92. The number of ether oxygens (including phenoxy) is 1. The summed E-state index contributed by atoms with van der Waals surface area (Å²) in [6, 6.07) is 6.91. The van der Waals surface area contributed by atoms with Crippen molar-refractivity contribution >= 4 is 15.9 Å². The Bertz CT molecular complexity index is 1240. The Morgan fingerprint density at radius 1 is 0.974 bits per heavy atom. The van der Waals surface area contributed by atoms with Crippen LogP contribution in [0.1, 0.15) is 67.8 Å². The number of aromatic nitrogens is 1. The maximum absolute atomic E-state index is 14.1. The molecule has 0 saturated carbocycles. The Balaban J connectivity index is 1.28. The van der Waals surface area contributed by atoms with Crippen molar-refractivity contribution in [3.63, 3.8) is 0 Å². The summed E-state index contributed by atoms with van der Waals surface area (Å²) in [5.41, 5.74) is 2.20. The first-order chi connectivity index (χ1) is 18.8. The van der Waals surface area contributed by atoms with Gasteiger partial charge in [0.05, 0.1) is 18.0 Å². The average Bonchev–Trinajstić information content (AvgIpc) is 3.42. The topological polar surface area (TPSA) is 75.1 Å². The van der Waals surface area contributed by atoms with Crippen LogP contribution in [0.15, 0.2) is 35.4 Å². The van der Waals surface area contributed by atoms with Gasteiger partial charge >= 0.3 is 0 Å². The molecule has 1 unspecified atom stereocenters. The maximum Gasteiger partial charge on any atom is 0.244 e. The van der Waals surface area contributed by atoms with Crippen molar-refractivity contribution in [2.45, 2.75) is 76.3 Å². The van der Waals surface area contributed by atoms with Crippen molar-refractivity contribution in [3.05, 3.63) is 47.3 Å². The predicted octanol–water partition coefficient (Wildman–Crippen LogP) is 4.36. The minimum absolute atomic E-state index is 0.0486. The summed E-state index contributed by atoms with van der Waals surface area (Å²) in [5, 5.41) is 0. The standard InChI is InChI=1S/C30H44N4O4S/c1-23-20-26(38-3)21-24(2)30(23)39(36,37)34-19-18-32-14-7-8-27(32)28(34)22-29(35)33-16-10-25(11-17-33)9-15-31-12-5-4-6-13-31/h7-8,14,20-21,25,28H,4-6,9-13,15-19,22H2,1-3H3. The highest BCUT2D eigenvalue weighted by molar-refractivity contribution is 7.89. The minimum Gasteiger partial charge on any atom is -0.497 e. The average molecular weight is 557 g/mol. The lowest BCUT2D eigenvalue weighted by molar-refractivity contribution is -0.133. The molecule has 39 heavy (non-hydrogen) atoms. The molecule has 1 atom stereocenters. The molecule has 1 aromatic heterocycles. The van der Waals surface area contributed by atoms with Gasteiger partial charge in [0.15, 0.2) is 0 Å². The van der Waals surface area contributed by atoms with Crippen LogP contribution >= 0.6 is 0 Å². The number of sulfonamides is 1. The summed E-state index contributed by atoms with van der Waals surface area (Å²) in [7, 11) is -2.25. The highest BCUT2D eigenvalue weighted by Gasteiger charge is 2.40. The van der Waals surface area contributed by atoms with E-state index in [1.54, 1.807) is 23.5 Å². The number of amides is 1. The van der Waals surface area contributed by atoms with Crippen LogP contribution in [0, 0.1) is 19.8 Å². The molecule has 1 aromatic carbocycles. The quantitative estimate of drug-likeness (QED) is 0.483. The van der Waals surface area contributed by atoms with E-state index < -0.39 is 16.1 Å². The number of likely N-dealkylation sites (tertiary alicyclic amines) is 2. The Kier molecular flexibility index (Phi) is 8.69. The van der Waals surface area contributed by atoms with Gasteiger partial charge < -0.3 is 19.1 Å². The number of piperidine rings is 2. The Hall–Kier alpha value is -2.36. The maximum atomic E-state index is 14.1. The molecule has 214 valence electrons.